The van der Waals surface area contributed by atoms with Crippen LogP contribution >= 0.6 is 0 Å². The number of hydrogen-bond acceptors (Lipinski definition) is 2. The maximum Gasteiger partial charge on any atom is 0.127 e. The standard InChI is InChI=1S/C22H38NO.Y/c1-16(2)23-24-22-14-12-21(13-15-22)20-10-8-19(9-11-20)18-6-4-17(3)5-7-18;/h17-22H,3-15H2,1-2H3;/q-1;. The number of nitrogens with zero attached hydrogens (tertiary/aromatic N) is 1. The second kappa shape index (κ2) is 10.8. The molecule has 0 aromatic rings. The van der Waals surface area contributed by atoms with Crippen molar-refractivity contribution in [2.75, 3.05) is 0 Å². The molecule has 141 valence electrons. The van der Waals surface area contributed by atoms with Crippen molar-refractivity contribution in [3.63, 3.8) is 0 Å². The number of hydrogen-bond donors (Lipinski definition) is 0. The quantitative estimate of drug-likeness (QED) is 0.292. The molecule has 0 heterocycles. The summed E-state index contributed by atoms with van der Waals surface area (Å²) in [6.07, 6.45) is 17.2. The van der Waals surface area contributed by atoms with Crippen LogP contribution in [0.5, 0.6) is 0 Å². The first-order valence-electron chi connectivity index (χ1n) is 10.6. The van der Waals surface area contributed by atoms with Crippen molar-refractivity contribution in [3.8, 4) is 0 Å². The van der Waals surface area contributed by atoms with Gasteiger partial charge in [0.25, 0.3) is 0 Å². The third-order valence-corrected chi connectivity index (χ3v) is 7.14. The second-order valence-corrected chi connectivity index (χ2v) is 9.14. The van der Waals surface area contributed by atoms with Crippen LogP contribution < -0.4 is 0 Å². The van der Waals surface area contributed by atoms with Gasteiger partial charge in [0.05, 0.1) is 5.71 Å². The molecule has 0 unspecified atom stereocenters. The fourth-order valence-corrected chi connectivity index (χ4v) is 5.59. The van der Waals surface area contributed by atoms with Crippen LogP contribution in [0.4, 0.5) is 0 Å². The molecule has 0 bridgehead atoms. The van der Waals surface area contributed by atoms with Gasteiger partial charge in [-0.15, -0.1) is 0 Å². The summed E-state index contributed by atoms with van der Waals surface area (Å²) < 4.78 is 0. The fraction of sp³-hybridized carbons (Fsp3) is 0.909. The minimum absolute atomic E-state index is 0. The molecule has 0 aliphatic heterocycles. The summed E-state index contributed by atoms with van der Waals surface area (Å²) in [5, 5.41) is 4.16. The van der Waals surface area contributed by atoms with Crippen LogP contribution in [-0.4, -0.2) is 11.8 Å². The van der Waals surface area contributed by atoms with E-state index in [0.29, 0.717) is 6.10 Å². The molecule has 0 N–H and O–H groups in total. The Morgan fingerprint density at radius 2 is 1.04 bits per heavy atom. The SMILES string of the molecule is [CH2-]C1CCC(C2CCC(C3CCC(ON=C(C)C)CC3)CC2)CC1.[Y]. The van der Waals surface area contributed by atoms with E-state index in [1.165, 1.54) is 77.0 Å². The van der Waals surface area contributed by atoms with E-state index in [0.717, 1.165) is 35.3 Å². The molecule has 0 saturated heterocycles. The molecular weight excluding hydrogens is 383 g/mol. The summed E-state index contributed by atoms with van der Waals surface area (Å²) in [6, 6.07) is 0. The topological polar surface area (TPSA) is 21.6 Å². The van der Waals surface area contributed by atoms with Gasteiger partial charge in [-0.05, 0) is 88.9 Å². The Bertz CT molecular complexity index is 396. The molecule has 3 aliphatic rings. The summed E-state index contributed by atoms with van der Waals surface area (Å²) in [4.78, 5) is 5.67. The van der Waals surface area contributed by atoms with Gasteiger partial charge in [-0.25, -0.2) is 0 Å². The Kier molecular flexibility index (Phi) is 9.44. The smallest absolute Gasteiger partial charge is 0.127 e. The van der Waals surface area contributed by atoms with E-state index in [1.807, 2.05) is 13.8 Å². The molecule has 0 aromatic carbocycles. The number of oxime groups is 1. The third-order valence-electron chi connectivity index (χ3n) is 7.14. The fourth-order valence-electron chi connectivity index (χ4n) is 5.59. The second-order valence-electron chi connectivity index (χ2n) is 9.14. The molecule has 25 heavy (non-hydrogen) atoms. The van der Waals surface area contributed by atoms with Gasteiger partial charge >= 0.3 is 0 Å². The van der Waals surface area contributed by atoms with Crippen LogP contribution in [0.25, 0.3) is 0 Å². The molecule has 0 atom stereocenters. The van der Waals surface area contributed by atoms with Crippen molar-refractivity contribution in [2.24, 2.45) is 34.7 Å². The van der Waals surface area contributed by atoms with E-state index in [2.05, 4.69) is 12.1 Å². The first-order chi connectivity index (χ1) is 11.6. The van der Waals surface area contributed by atoms with Crippen molar-refractivity contribution in [1.82, 2.24) is 0 Å². The van der Waals surface area contributed by atoms with Crippen molar-refractivity contribution in [3.05, 3.63) is 6.92 Å². The average molecular weight is 421 g/mol. The summed E-state index contributed by atoms with van der Waals surface area (Å²) in [5.74, 6) is 4.78. The van der Waals surface area contributed by atoms with Gasteiger partial charge in [-0.1, -0.05) is 30.8 Å². The molecule has 1 radical (unpaired) electrons. The Morgan fingerprint density at radius 1 is 0.680 bits per heavy atom. The van der Waals surface area contributed by atoms with E-state index in [-0.39, 0.29) is 32.7 Å². The van der Waals surface area contributed by atoms with Gasteiger partial charge in [-0.2, -0.15) is 5.92 Å². The Labute approximate surface area is 181 Å². The van der Waals surface area contributed by atoms with Crippen LogP contribution in [0.3, 0.4) is 0 Å². The van der Waals surface area contributed by atoms with Gasteiger partial charge in [0.15, 0.2) is 0 Å². The molecule has 0 spiro atoms. The van der Waals surface area contributed by atoms with Crippen molar-refractivity contribution in [1.29, 1.82) is 0 Å². The molecule has 2 nitrogen and oxygen atoms in total. The number of rotatable bonds is 4. The molecule has 0 amide bonds. The van der Waals surface area contributed by atoms with Crippen molar-refractivity contribution >= 4 is 5.71 Å². The van der Waals surface area contributed by atoms with Gasteiger partial charge in [0, 0.05) is 32.7 Å². The molecule has 3 aliphatic carbocycles. The predicted octanol–water partition coefficient (Wildman–Crippen LogP) is 6.40. The van der Waals surface area contributed by atoms with Gasteiger partial charge in [-0.3, -0.25) is 0 Å². The third kappa shape index (κ3) is 6.60. The van der Waals surface area contributed by atoms with Gasteiger partial charge in [0.1, 0.15) is 6.10 Å². The van der Waals surface area contributed by atoms with E-state index in [4.69, 9.17) is 4.84 Å². The Morgan fingerprint density at radius 3 is 1.44 bits per heavy atom. The zero-order valence-corrected chi connectivity index (χ0v) is 19.4. The van der Waals surface area contributed by atoms with E-state index < -0.39 is 0 Å². The minimum atomic E-state index is 0. The molecule has 3 fully saturated rings. The summed E-state index contributed by atoms with van der Waals surface area (Å²) in [6.45, 7) is 8.28. The average Bonchev–Trinajstić information content (AvgIpc) is 2.61. The predicted molar refractivity (Wildman–Crippen MR) is 102 cm³/mol. The van der Waals surface area contributed by atoms with Crippen molar-refractivity contribution < 1.29 is 37.5 Å². The summed E-state index contributed by atoms with van der Waals surface area (Å²) in [7, 11) is 0. The first-order valence-corrected chi connectivity index (χ1v) is 10.6. The molecular formula is C22H38NOY-. The van der Waals surface area contributed by atoms with E-state index in [9.17, 15) is 0 Å². The van der Waals surface area contributed by atoms with Crippen LogP contribution in [0.2, 0.25) is 0 Å². The Hall–Kier alpha value is 0.574. The molecule has 0 aromatic heterocycles. The normalized spacial score (nSPS) is 39.2. The largest absolute Gasteiger partial charge is 0.393 e. The van der Waals surface area contributed by atoms with Crippen LogP contribution in [0, 0.1) is 36.5 Å². The zero-order chi connectivity index (χ0) is 16.9. The first kappa shape index (κ1) is 21.9. The van der Waals surface area contributed by atoms with Crippen LogP contribution in [0.1, 0.15) is 90.9 Å². The zero-order valence-electron chi connectivity index (χ0n) is 16.6. The van der Waals surface area contributed by atoms with Crippen LogP contribution in [0.15, 0.2) is 5.16 Å². The minimum Gasteiger partial charge on any atom is -0.393 e. The molecule has 3 saturated carbocycles. The van der Waals surface area contributed by atoms with E-state index >= 15 is 0 Å². The summed E-state index contributed by atoms with van der Waals surface area (Å²) in [5.41, 5.74) is 1.03. The maximum absolute atomic E-state index is 5.67. The monoisotopic (exact) mass is 421 g/mol. The van der Waals surface area contributed by atoms with Gasteiger partial charge < -0.3 is 11.8 Å². The molecule has 3 heteroatoms. The maximum atomic E-state index is 5.67. The molecule has 3 rings (SSSR count). The van der Waals surface area contributed by atoms with Crippen molar-refractivity contribution in [2.45, 2.75) is 97.0 Å². The van der Waals surface area contributed by atoms with Crippen LogP contribution in [-0.2, 0) is 37.5 Å². The Balaban J connectivity index is 0.00000225. The van der Waals surface area contributed by atoms with Gasteiger partial charge in [0.2, 0.25) is 0 Å². The van der Waals surface area contributed by atoms with E-state index in [1.54, 1.807) is 0 Å². The summed E-state index contributed by atoms with van der Waals surface area (Å²) >= 11 is 0.